The molecule has 0 radical (unpaired) electrons. The maximum absolute atomic E-state index is 11.9. The first-order valence-electron chi connectivity index (χ1n) is 8.17. The quantitative estimate of drug-likeness (QED) is 0.789. The lowest BCUT2D eigenvalue weighted by molar-refractivity contribution is 0.243. The van der Waals surface area contributed by atoms with Gasteiger partial charge in [0.2, 0.25) is 0 Å². The Morgan fingerprint density at radius 3 is 2.83 bits per heavy atom. The average molecular weight is 326 g/mol. The molecule has 1 aromatic carbocycles. The molecular weight excluding hydrogens is 304 g/mol. The number of amides is 2. The first kappa shape index (κ1) is 16.3. The summed E-state index contributed by atoms with van der Waals surface area (Å²) in [7, 11) is 0. The number of urea groups is 1. The van der Waals surface area contributed by atoms with E-state index in [1.54, 1.807) is 23.2 Å². The summed E-state index contributed by atoms with van der Waals surface area (Å²) in [6.45, 7) is 4.04. The monoisotopic (exact) mass is 326 g/mol. The van der Waals surface area contributed by atoms with Crippen LogP contribution in [0, 0.1) is 0 Å². The summed E-state index contributed by atoms with van der Waals surface area (Å²) in [5, 5.41) is 16.0. The van der Waals surface area contributed by atoms with E-state index in [2.05, 4.69) is 22.5 Å². The highest BCUT2D eigenvalue weighted by molar-refractivity contribution is 5.92. The molecule has 1 aliphatic heterocycles. The summed E-state index contributed by atoms with van der Waals surface area (Å²) in [5.74, 6) is 0.198. The number of pyridine rings is 1. The Kier molecular flexibility index (Phi) is 4.96. The van der Waals surface area contributed by atoms with Gasteiger partial charge in [0.25, 0.3) is 0 Å². The van der Waals surface area contributed by atoms with Crippen molar-refractivity contribution in [3.63, 3.8) is 0 Å². The second-order valence-electron chi connectivity index (χ2n) is 5.90. The lowest BCUT2D eigenvalue weighted by Gasteiger charge is -2.27. The molecule has 1 saturated heterocycles. The number of hydrogen-bond acceptors (Lipinski definition) is 4. The van der Waals surface area contributed by atoms with Gasteiger partial charge in [-0.2, -0.15) is 0 Å². The average Bonchev–Trinajstić information content (AvgIpc) is 2.61. The molecule has 1 unspecified atom stereocenters. The van der Waals surface area contributed by atoms with E-state index in [-0.39, 0.29) is 17.8 Å². The van der Waals surface area contributed by atoms with Crippen molar-refractivity contribution < 1.29 is 9.90 Å². The van der Waals surface area contributed by atoms with Crippen LogP contribution in [0.3, 0.4) is 0 Å². The minimum absolute atomic E-state index is 0.0363. The summed E-state index contributed by atoms with van der Waals surface area (Å²) in [4.78, 5) is 17.8. The van der Waals surface area contributed by atoms with Crippen molar-refractivity contribution in [1.29, 1.82) is 0 Å². The molecule has 0 saturated carbocycles. The van der Waals surface area contributed by atoms with E-state index < -0.39 is 0 Å². The molecule has 1 fully saturated rings. The van der Waals surface area contributed by atoms with Gasteiger partial charge in [0.15, 0.2) is 0 Å². The van der Waals surface area contributed by atoms with Crippen LogP contribution in [0.4, 0.5) is 10.5 Å². The van der Waals surface area contributed by atoms with Crippen LogP contribution in [0.15, 0.2) is 42.6 Å². The van der Waals surface area contributed by atoms with Crippen molar-refractivity contribution in [2.45, 2.75) is 25.9 Å². The van der Waals surface area contributed by atoms with E-state index in [9.17, 15) is 9.90 Å². The number of carbonyl (C=O) groups is 1. The topological polar surface area (TPSA) is 77.5 Å². The van der Waals surface area contributed by atoms with Crippen molar-refractivity contribution >= 4 is 11.7 Å². The van der Waals surface area contributed by atoms with Crippen LogP contribution in [0.25, 0.3) is 0 Å². The normalized spacial score (nSPS) is 15.9. The van der Waals surface area contributed by atoms with Crippen molar-refractivity contribution in [1.82, 2.24) is 15.6 Å². The summed E-state index contributed by atoms with van der Waals surface area (Å²) in [6.07, 6.45) is 2.62. The maximum Gasteiger partial charge on any atom is 0.321 e. The Morgan fingerprint density at radius 2 is 2.12 bits per heavy atom. The number of rotatable bonds is 5. The Bertz CT molecular complexity index is 702. The minimum Gasteiger partial charge on any atom is -0.506 e. The van der Waals surface area contributed by atoms with E-state index in [4.69, 9.17) is 0 Å². The molecule has 3 N–H and O–H groups in total. The lowest BCUT2D eigenvalue weighted by atomic mass is 10.1. The predicted molar refractivity (Wildman–Crippen MR) is 93.0 cm³/mol. The van der Waals surface area contributed by atoms with Gasteiger partial charge in [0.05, 0.1) is 5.69 Å². The van der Waals surface area contributed by atoms with Gasteiger partial charge in [-0.3, -0.25) is 9.88 Å². The Hall–Kier alpha value is -2.60. The van der Waals surface area contributed by atoms with Crippen molar-refractivity contribution in [3.05, 3.63) is 53.9 Å². The molecule has 3 rings (SSSR count). The molecule has 2 heterocycles. The van der Waals surface area contributed by atoms with Crippen LogP contribution < -0.4 is 15.5 Å². The zero-order valence-corrected chi connectivity index (χ0v) is 13.7. The van der Waals surface area contributed by atoms with Gasteiger partial charge in [0, 0.05) is 37.6 Å². The van der Waals surface area contributed by atoms with Gasteiger partial charge in [-0.05, 0) is 43.2 Å². The van der Waals surface area contributed by atoms with Crippen molar-refractivity contribution in [2.75, 3.05) is 18.0 Å². The Labute approximate surface area is 141 Å². The van der Waals surface area contributed by atoms with Gasteiger partial charge < -0.3 is 15.7 Å². The molecule has 24 heavy (non-hydrogen) atoms. The standard InChI is InChI=1S/C18H22N4O2/c1-13(21-12-16-17(23)4-2-9-19-16)14-5-7-15(8-6-14)22-11-3-10-20-18(22)24/h2,4-9,13,21,23H,3,10-12H2,1H3,(H,20,24). The number of nitrogens with one attached hydrogen (secondary N) is 2. The molecule has 0 spiro atoms. The number of benzene rings is 1. The fraction of sp³-hybridized carbons (Fsp3) is 0.333. The van der Waals surface area contributed by atoms with Crippen molar-refractivity contribution in [3.8, 4) is 5.75 Å². The highest BCUT2D eigenvalue weighted by Gasteiger charge is 2.19. The van der Waals surface area contributed by atoms with Crippen molar-refractivity contribution in [2.24, 2.45) is 0 Å². The molecule has 6 heteroatoms. The zero-order chi connectivity index (χ0) is 16.9. The number of aromatic nitrogens is 1. The number of carbonyl (C=O) groups excluding carboxylic acids is 1. The molecule has 1 atom stereocenters. The number of nitrogens with zero attached hydrogens (tertiary/aromatic N) is 2. The first-order valence-corrected chi connectivity index (χ1v) is 8.17. The molecule has 0 bridgehead atoms. The number of hydrogen-bond donors (Lipinski definition) is 3. The summed E-state index contributed by atoms with van der Waals surface area (Å²) in [6, 6.07) is 11.4. The van der Waals surface area contributed by atoms with Gasteiger partial charge in [0.1, 0.15) is 5.75 Å². The highest BCUT2D eigenvalue weighted by Crippen LogP contribution is 2.21. The summed E-state index contributed by atoms with van der Waals surface area (Å²) >= 11 is 0. The lowest BCUT2D eigenvalue weighted by Crippen LogP contribution is -2.46. The van der Waals surface area contributed by atoms with Crippen LogP contribution >= 0.6 is 0 Å². The Balaban J connectivity index is 1.62. The molecule has 1 aliphatic rings. The number of anilines is 1. The highest BCUT2D eigenvalue weighted by atomic mass is 16.3. The van der Waals surface area contributed by atoms with Crippen LogP contribution in [-0.2, 0) is 6.54 Å². The molecule has 2 aromatic rings. The molecule has 126 valence electrons. The second-order valence-corrected chi connectivity index (χ2v) is 5.90. The third-order valence-corrected chi connectivity index (χ3v) is 4.23. The molecular formula is C18H22N4O2. The van der Waals surface area contributed by atoms with E-state index in [0.29, 0.717) is 12.2 Å². The largest absolute Gasteiger partial charge is 0.506 e. The molecule has 0 aliphatic carbocycles. The van der Waals surface area contributed by atoms with E-state index in [0.717, 1.165) is 30.8 Å². The summed E-state index contributed by atoms with van der Waals surface area (Å²) in [5.41, 5.74) is 2.66. The van der Waals surface area contributed by atoms with Gasteiger partial charge in [-0.25, -0.2) is 4.79 Å². The fourth-order valence-electron chi connectivity index (χ4n) is 2.75. The minimum atomic E-state index is -0.0363. The second kappa shape index (κ2) is 7.31. The van der Waals surface area contributed by atoms with Gasteiger partial charge >= 0.3 is 6.03 Å². The first-order chi connectivity index (χ1) is 11.6. The van der Waals surface area contributed by atoms with E-state index >= 15 is 0 Å². The Morgan fingerprint density at radius 1 is 1.33 bits per heavy atom. The van der Waals surface area contributed by atoms with Gasteiger partial charge in [-0.1, -0.05) is 12.1 Å². The maximum atomic E-state index is 11.9. The predicted octanol–water partition coefficient (Wildman–Crippen LogP) is 2.56. The van der Waals surface area contributed by atoms with Gasteiger partial charge in [-0.15, -0.1) is 0 Å². The van der Waals surface area contributed by atoms with Crippen LogP contribution in [-0.4, -0.2) is 29.2 Å². The van der Waals surface area contributed by atoms with Crippen LogP contribution in [0.1, 0.15) is 30.6 Å². The third kappa shape index (κ3) is 3.65. The summed E-state index contributed by atoms with van der Waals surface area (Å²) < 4.78 is 0. The van der Waals surface area contributed by atoms with E-state index in [1.807, 2.05) is 24.3 Å². The fourth-order valence-corrected chi connectivity index (χ4v) is 2.75. The van der Waals surface area contributed by atoms with E-state index in [1.165, 1.54) is 0 Å². The molecule has 1 aromatic heterocycles. The number of aromatic hydroxyl groups is 1. The zero-order valence-electron chi connectivity index (χ0n) is 13.7. The SMILES string of the molecule is CC(NCc1ncccc1O)c1ccc(N2CCCNC2=O)cc1. The molecule has 2 amide bonds. The molecule has 6 nitrogen and oxygen atoms in total. The van der Waals surface area contributed by atoms with Crippen LogP contribution in [0.5, 0.6) is 5.75 Å². The van der Waals surface area contributed by atoms with Crippen LogP contribution in [0.2, 0.25) is 0 Å². The smallest absolute Gasteiger partial charge is 0.321 e. The third-order valence-electron chi connectivity index (χ3n) is 4.23.